The van der Waals surface area contributed by atoms with E-state index in [9.17, 15) is 4.79 Å². The molecular weight excluding hydrogens is 368 g/mol. The first-order chi connectivity index (χ1) is 13.3. The highest BCUT2D eigenvalue weighted by Crippen LogP contribution is 2.30. The first kappa shape index (κ1) is 20.3. The van der Waals surface area contributed by atoms with Gasteiger partial charge in [-0.25, -0.2) is 4.98 Å². The maximum Gasteiger partial charge on any atom is 0.266 e. The van der Waals surface area contributed by atoms with E-state index in [1.807, 2.05) is 37.3 Å². The standard InChI is InChI=1S/C23H28N2O2S/c1-15(2)13-25(23-24-19-8-6-7-9-21(19)28-23)22(26)14-27-20-12-17(5)10-11-18(20)16(3)4/h6-12,15-16H,13-14H2,1-5H3. The number of para-hydroxylation sites is 1. The highest BCUT2D eigenvalue weighted by Gasteiger charge is 2.22. The van der Waals surface area contributed by atoms with Gasteiger partial charge < -0.3 is 4.74 Å². The Bertz CT molecular complexity index is 929. The summed E-state index contributed by atoms with van der Waals surface area (Å²) in [7, 11) is 0. The molecule has 0 spiro atoms. The summed E-state index contributed by atoms with van der Waals surface area (Å²) in [6, 6.07) is 14.1. The van der Waals surface area contributed by atoms with Gasteiger partial charge in [-0.05, 0) is 48.1 Å². The molecule has 1 amide bonds. The summed E-state index contributed by atoms with van der Waals surface area (Å²) in [5.74, 6) is 1.39. The van der Waals surface area contributed by atoms with Crippen LogP contribution in [-0.2, 0) is 4.79 Å². The summed E-state index contributed by atoms with van der Waals surface area (Å²) in [6.45, 7) is 11.1. The van der Waals surface area contributed by atoms with Crippen molar-refractivity contribution in [2.75, 3.05) is 18.1 Å². The van der Waals surface area contributed by atoms with Crippen LogP contribution in [0.4, 0.5) is 5.13 Å². The fourth-order valence-corrected chi connectivity index (χ4v) is 4.08. The Morgan fingerprint density at radius 3 is 2.57 bits per heavy atom. The lowest BCUT2D eigenvalue weighted by Gasteiger charge is -2.22. The van der Waals surface area contributed by atoms with E-state index < -0.39 is 0 Å². The van der Waals surface area contributed by atoms with Crippen LogP contribution in [0.1, 0.15) is 44.7 Å². The number of carbonyl (C=O) groups is 1. The summed E-state index contributed by atoms with van der Waals surface area (Å²) >= 11 is 1.55. The Labute approximate surface area is 171 Å². The first-order valence-corrected chi connectivity index (χ1v) is 10.6. The Morgan fingerprint density at radius 2 is 1.89 bits per heavy atom. The minimum absolute atomic E-state index is 0.00577. The number of carbonyl (C=O) groups excluding carboxylic acids is 1. The predicted molar refractivity (Wildman–Crippen MR) is 118 cm³/mol. The van der Waals surface area contributed by atoms with Gasteiger partial charge in [-0.3, -0.25) is 9.69 Å². The van der Waals surface area contributed by atoms with Crippen LogP contribution in [0.3, 0.4) is 0 Å². The van der Waals surface area contributed by atoms with E-state index in [0.717, 1.165) is 32.2 Å². The smallest absolute Gasteiger partial charge is 0.266 e. The van der Waals surface area contributed by atoms with Crippen molar-refractivity contribution >= 4 is 32.6 Å². The van der Waals surface area contributed by atoms with Crippen LogP contribution in [0, 0.1) is 12.8 Å². The largest absolute Gasteiger partial charge is 0.483 e. The van der Waals surface area contributed by atoms with Gasteiger partial charge in [0.1, 0.15) is 5.75 Å². The second-order valence-corrected chi connectivity index (χ2v) is 8.86. The number of benzene rings is 2. The van der Waals surface area contributed by atoms with Crippen molar-refractivity contribution in [3.8, 4) is 5.75 Å². The fourth-order valence-electron chi connectivity index (χ4n) is 3.09. The van der Waals surface area contributed by atoms with E-state index >= 15 is 0 Å². The highest BCUT2D eigenvalue weighted by molar-refractivity contribution is 7.22. The van der Waals surface area contributed by atoms with Crippen LogP contribution in [0.2, 0.25) is 0 Å². The van der Waals surface area contributed by atoms with Crippen LogP contribution in [0.25, 0.3) is 10.2 Å². The molecule has 2 aromatic carbocycles. The van der Waals surface area contributed by atoms with Gasteiger partial charge in [0.05, 0.1) is 10.2 Å². The van der Waals surface area contributed by atoms with Gasteiger partial charge >= 0.3 is 0 Å². The molecule has 0 saturated carbocycles. The number of aryl methyl sites for hydroxylation is 1. The molecule has 0 fully saturated rings. The maximum absolute atomic E-state index is 13.1. The van der Waals surface area contributed by atoms with Gasteiger partial charge in [0.15, 0.2) is 11.7 Å². The molecular formula is C23H28N2O2S. The Hall–Kier alpha value is -2.40. The summed E-state index contributed by atoms with van der Waals surface area (Å²) in [5.41, 5.74) is 3.16. The number of fused-ring (bicyclic) bond motifs is 1. The molecule has 0 bridgehead atoms. The zero-order valence-electron chi connectivity index (χ0n) is 17.2. The molecule has 148 valence electrons. The van der Waals surface area contributed by atoms with E-state index in [2.05, 4.69) is 44.8 Å². The minimum atomic E-state index is -0.0658. The van der Waals surface area contributed by atoms with Crippen molar-refractivity contribution in [1.82, 2.24) is 4.98 Å². The van der Waals surface area contributed by atoms with Crippen LogP contribution < -0.4 is 9.64 Å². The maximum atomic E-state index is 13.1. The van der Waals surface area contributed by atoms with Gasteiger partial charge in [0, 0.05) is 6.54 Å². The number of anilines is 1. The monoisotopic (exact) mass is 396 g/mol. The molecule has 0 radical (unpaired) electrons. The quantitative estimate of drug-likeness (QED) is 0.507. The van der Waals surface area contributed by atoms with E-state index in [1.165, 1.54) is 0 Å². The van der Waals surface area contributed by atoms with Crippen LogP contribution in [0.5, 0.6) is 5.75 Å². The molecule has 0 aliphatic heterocycles. The topological polar surface area (TPSA) is 42.4 Å². The second-order valence-electron chi connectivity index (χ2n) is 7.85. The third kappa shape index (κ3) is 4.71. The van der Waals surface area contributed by atoms with Gasteiger partial charge in [-0.2, -0.15) is 0 Å². The molecule has 3 aromatic rings. The number of rotatable bonds is 7. The average molecular weight is 397 g/mol. The molecule has 1 aromatic heterocycles. The summed E-state index contributed by atoms with van der Waals surface area (Å²) in [5, 5.41) is 0.733. The van der Waals surface area contributed by atoms with Crippen molar-refractivity contribution in [1.29, 1.82) is 0 Å². The summed E-state index contributed by atoms with van der Waals surface area (Å²) in [6.07, 6.45) is 0. The third-order valence-electron chi connectivity index (χ3n) is 4.50. The minimum Gasteiger partial charge on any atom is -0.483 e. The van der Waals surface area contributed by atoms with Crippen LogP contribution in [-0.4, -0.2) is 24.0 Å². The zero-order valence-corrected chi connectivity index (χ0v) is 18.0. The van der Waals surface area contributed by atoms with Crippen molar-refractivity contribution < 1.29 is 9.53 Å². The molecule has 28 heavy (non-hydrogen) atoms. The number of hydrogen-bond donors (Lipinski definition) is 0. The molecule has 0 unspecified atom stereocenters. The molecule has 5 heteroatoms. The molecule has 3 rings (SSSR count). The number of amides is 1. The normalized spacial score (nSPS) is 11.4. The lowest BCUT2D eigenvalue weighted by atomic mass is 10.0. The van der Waals surface area contributed by atoms with Crippen LogP contribution >= 0.6 is 11.3 Å². The number of ether oxygens (including phenoxy) is 1. The number of nitrogens with zero attached hydrogens (tertiary/aromatic N) is 2. The number of hydrogen-bond acceptors (Lipinski definition) is 4. The van der Waals surface area contributed by atoms with Gasteiger partial charge in [-0.15, -0.1) is 0 Å². The van der Waals surface area contributed by atoms with Gasteiger partial charge in [0.25, 0.3) is 5.91 Å². The highest BCUT2D eigenvalue weighted by atomic mass is 32.1. The Morgan fingerprint density at radius 1 is 1.14 bits per heavy atom. The third-order valence-corrected chi connectivity index (χ3v) is 5.56. The van der Waals surface area contributed by atoms with Crippen molar-refractivity contribution in [3.63, 3.8) is 0 Å². The van der Waals surface area contributed by atoms with Crippen molar-refractivity contribution in [2.45, 2.75) is 40.5 Å². The molecule has 4 nitrogen and oxygen atoms in total. The van der Waals surface area contributed by atoms with Crippen molar-refractivity contribution in [2.24, 2.45) is 5.92 Å². The molecule has 1 heterocycles. The first-order valence-electron chi connectivity index (χ1n) is 9.74. The number of aromatic nitrogens is 1. The van der Waals surface area contributed by atoms with Crippen molar-refractivity contribution in [3.05, 3.63) is 53.6 Å². The molecule has 0 aliphatic carbocycles. The van der Waals surface area contributed by atoms with Gasteiger partial charge in [-0.1, -0.05) is 63.3 Å². The summed E-state index contributed by atoms with van der Waals surface area (Å²) in [4.78, 5) is 19.5. The number of thiazole rings is 1. The fraction of sp³-hybridized carbons (Fsp3) is 0.391. The zero-order chi connectivity index (χ0) is 20.3. The Kier molecular flexibility index (Phi) is 6.35. The van der Waals surface area contributed by atoms with Crippen LogP contribution in [0.15, 0.2) is 42.5 Å². The molecule has 0 atom stereocenters. The van der Waals surface area contributed by atoms with E-state index in [4.69, 9.17) is 4.74 Å². The lowest BCUT2D eigenvalue weighted by molar-refractivity contribution is -0.120. The molecule has 0 aliphatic rings. The van der Waals surface area contributed by atoms with Gasteiger partial charge in [0.2, 0.25) is 0 Å². The molecule has 0 saturated heterocycles. The Balaban J connectivity index is 1.82. The second kappa shape index (κ2) is 8.74. The molecule has 0 N–H and O–H groups in total. The predicted octanol–water partition coefficient (Wildman–Crippen LogP) is 5.80. The van der Waals surface area contributed by atoms with E-state index in [-0.39, 0.29) is 12.5 Å². The average Bonchev–Trinajstić information content (AvgIpc) is 3.07. The lowest BCUT2D eigenvalue weighted by Crippen LogP contribution is -2.37. The SMILES string of the molecule is Cc1ccc(C(C)C)c(OCC(=O)N(CC(C)C)c2nc3ccccc3s2)c1. The van der Waals surface area contributed by atoms with E-state index in [0.29, 0.717) is 18.4 Å². The summed E-state index contributed by atoms with van der Waals surface area (Å²) < 4.78 is 7.07. The van der Waals surface area contributed by atoms with E-state index in [1.54, 1.807) is 16.2 Å².